The van der Waals surface area contributed by atoms with E-state index in [1.165, 1.54) is 0 Å². The summed E-state index contributed by atoms with van der Waals surface area (Å²) in [6.07, 6.45) is 3.76. The molecule has 1 aromatic heterocycles. The third-order valence-electron chi connectivity index (χ3n) is 5.07. The summed E-state index contributed by atoms with van der Waals surface area (Å²) in [5.41, 5.74) is 1.01. The van der Waals surface area contributed by atoms with Gasteiger partial charge in [-0.15, -0.1) is 11.3 Å². The molecular weight excluding hydrogens is 360 g/mol. The van der Waals surface area contributed by atoms with Crippen LogP contribution in [0.2, 0.25) is 0 Å². The Morgan fingerprint density at radius 2 is 2.04 bits per heavy atom. The van der Waals surface area contributed by atoms with Gasteiger partial charge in [0.25, 0.3) is 0 Å². The SMILES string of the molecule is CCC(CC)C(=O)N1CCC(NC(=NC)NCc2csc(N(C)C)n2)CC1. The van der Waals surface area contributed by atoms with Gasteiger partial charge < -0.3 is 20.4 Å². The second-order valence-electron chi connectivity index (χ2n) is 7.20. The molecule has 0 saturated carbocycles. The lowest BCUT2D eigenvalue weighted by molar-refractivity contribution is -0.136. The van der Waals surface area contributed by atoms with E-state index in [1.54, 1.807) is 18.4 Å². The first-order chi connectivity index (χ1) is 13.0. The van der Waals surface area contributed by atoms with E-state index >= 15 is 0 Å². The second kappa shape index (κ2) is 10.5. The standard InChI is InChI=1S/C19H34N6OS/c1-6-14(7-2)17(26)25-10-8-15(9-11-25)22-18(20-3)21-12-16-13-27-19(23-16)24(4)5/h13-15H,6-12H2,1-5H3,(H2,20,21,22). The van der Waals surface area contributed by atoms with Crippen molar-refractivity contribution in [2.24, 2.45) is 10.9 Å². The molecule has 7 nitrogen and oxygen atoms in total. The van der Waals surface area contributed by atoms with Gasteiger partial charge in [-0.05, 0) is 25.7 Å². The number of likely N-dealkylation sites (tertiary alicyclic amines) is 1. The summed E-state index contributed by atoms with van der Waals surface area (Å²) in [7, 11) is 5.78. The van der Waals surface area contributed by atoms with Crippen LogP contribution >= 0.6 is 11.3 Å². The van der Waals surface area contributed by atoms with Crippen molar-refractivity contribution in [3.63, 3.8) is 0 Å². The molecule has 1 aliphatic rings. The van der Waals surface area contributed by atoms with E-state index in [9.17, 15) is 4.79 Å². The number of hydrogen-bond acceptors (Lipinski definition) is 5. The molecule has 0 unspecified atom stereocenters. The van der Waals surface area contributed by atoms with E-state index in [0.29, 0.717) is 18.5 Å². The molecule has 0 radical (unpaired) electrons. The van der Waals surface area contributed by atoms with Gasteiger partial charge in [-0.2, -0.15) is 0 Å². The molecule has 0 atom stereocenters. The third kappa shape index (κ3) is 6.09. The Bertz CT molecular complexity index is 617. The van der Waals surface area contributed by atoms with E-state index in [2.05, 4.69) is 39.8 Å². The van der Waals surface area contributed by atoms with Crippen LogP contribution in [0, 0.1) is 5.92 Å². The fourth-order valence-corrected chi connectivity index (χ4v) is 4.04. The Hall–Kier alpha value is -1.83. The van der Waals surface area contributed by atoms with Crippen LogP contribution in [-0.2, 0) is 11.3 Å². The highest BCUT2D eigenvalue weighted by molar-refractivity contribution is 7.13. The maximum Gasteiger partial charge on any atom is 0.225 e. The van der Waals surface area contributed by atoms with Gasteiger partial charge >= 0.3 is 0 Å². The van der Waals surface area contributed by atoms with Crippen molar-refractivity contribution in [1.82, 2.24) is 20.5 Å². The van der Waals surface area contributed by atoms with Crippen molar-refractivity contribution in [3.8, 4) is 0 Å². The average molecular weight is 395 g/mol. The molecule has 0 spiro atoms. The van der Waals surface area contributed by atoms with Gasteiger partial charge in [0.2, 0.25) is 5.91 Å². The largest absolute Gasteiger partial charge is 0.354 e. The quantitative estimate of drug-likeness (QED) is 0.548. The lowest BCUT2D eigenvalue weighted by Crippen LogP contribution is -2.50. The first-order valence-corrected chi connectivity index (χ1v) is 10.7. The number of rotatable bonds is 7. The third-order valence-corrected chi connectivity index (χ3v) is 6.12. The molecule has 0 aromatic carbocycles. The normalized spacial score (nSPS) is 15.9. The van der Waals surface area contributed by atoms with E-state index in [4.69, 9.17) is 0 Å². The molecule has 152 valence electrons. The zero-order valence-electron chi connectivity index (χ0n) is 17.3. The summed E-state index contributed by atoms with van der Waals surface area (Å²) < 4.78 is 0. The monoisotopic (exact) mass is 394 g/mol. The van der Waals surface area contributed by atoms with Gasteiger partial charge in [-0.3, -0.25) is 9.79 Å². The first kappa shape index (κ1) is 21.5. The van der Waals surface area contributed by atoms with Crippen molar-refractivity contribution in [2.75, 3.05) is 39.1 Å². The van der Waals surface area contributed by atoms with Crippen molar-refractivity contribution in [1.29, 1.82) is 0 Å². The smallest absolute Gasteiger partial charge is 0.225 e. The molecule has 1 amide bonds. The van der Waals surface area contributed by atoms with Gasteiger partial charge in [0.15, 0.2) is 11.1 Å². The number of aliphatic imine (C=N–C) groups is 1. The highest BCUT2D eigenvalue weighted by Crippen LogP contribution is 2.18. The molecule has 1 saturated heterocycles. The number of guanidine groups is 1. The maximum absolute atomic E-state index is 12.5. The van der Waals surface area contributed by atoms with Crippen molar-refractivity contribution in [2.45, 2.75) is 52.1 Å². The highest BCUT2D eigenvalue weighted by atomic mass is 32.1. The molecule has 8 heteroatoms. The van der Waals surface area contributed by atoms with Crippen LogP contribution in [0.3, 0.4) is 0 Å². The minimum atomic E-state index is 0.175. The van der Waals surface area contributed by atoms with Crippen molar-refractivity contribution < 1.29 is 4.79 Å². The molecule has 1 aromatic rings. The topological polar surface area (TPSA) is 72.9 Å². The minimum Gasteiger partial charge on any atom is -0.354 e. The molecule has 2 heterocycles. The Morgan fingerprint density at radius 3 is 2.56 bits per heavy atom. The van der Waals surface area contributed by atoms with E-state index in [1.807, 2.05) is 23.9 Å². The van der Waals surface area contributed by atoms with E-state index in [-0.39, 0.29) is 5.92 Å². The minimum absolute atomic E-state index is 0.175. The number of nitrogens with zero attached hydrogens (tertiary/aromatic N) is 4. The Labute approximate surface area is 167 Å². The van der Waals surface area contributed by atoms with E-state index < -0.39 is 0 Å². The number of aromatic nitrogens is 1. The average Bonchev–Trinajstić information content (AvgIpc) is 3.16. The number of nitrogens with one attached hydrogen (secondary N) is 2. The molecule has 0 bridgehead atoms. The maximum atomic E-state index is 12.5. The van der Waals surface area contributed by atoms with Gasteiger partial charge in [-0.1, -0.05) is 13.8 Å². The Kier molecular flexibility index (Phi) is 8.34. The number of carbonyl (C=O) groups is 1. The lowest BCUT2D eigenvalue weighted by Gasteiger charge is -2.34. The lowest BCUT2D eigenvalue weighted by atomic mass is 9.98. The molecule has 0 aliphatic carbocycles. The van der Waals surface area contributed by atoms with Crippen LogP contribution in [0.5, 0.6) is 0 Å². The number of anilines is 1. The summed E-state index contributed by atoms with van der Waals surface area (Å²) in [5, 5.41) is 9.90. The molecule has 1 fully saturated rings. The van der Waals surface area contributed by atoms with Crippen LogP contribution in [0.1, 0.15) is 45.2 Å². The van der Waals surface area contributed by atoms with Crippen molar-refractivity contribution in [3.05, 3.63) is 11.1 Å². The van der Waals surface area contributed by atoms with Crippen LogP contribution < -0.4 is 15.5 Å². The number of amides is 1. The molecule has 2 rings (SSSR count). The first-order valence-electron chi connectivity index (χ1n) is 9.86. The van der Waals surface area contributed by atoms with Crippen LogP contribution in [0.4, 0.5) is 5.13 Å². The summed E-state index contributed by atoms with van der Waals surface area (Å²) in [5.74, 6) is 1.29. The number of piperidine rings is 1. The molecular formula is C19H34N6OS. The van der Waals surface area contributed by atoms with E-state index in [0.717, 1.165) is 55.6 Å². The van der Waals surface area contributed by atoms with Crippen molar-refractivity contribution >= 4 is 28.3 Å². The van der Waals surface area contributed by atoms with Gasteiger partial charge in [0.1, 0.15) is 0 Å². The van der Waals surface area contributed by atoms with Gasteiger partial charge in [0, 0.05) is 51.6 Å². The van der Waals surface area contributed by atoms with Crippen LogP contribution in [0.15, 0.2) is 10.4 Å². The highest BCUT2D eigenvalue weighted by Gasteiger charge is 2.26. The molecule has 27 heavy (non-hydrogen) atoms. The Morgan fingerprint density at radius 1 is 1.37 bits per heavy atom. The summed E-state index contributed by atoms with van der Waals surface area (Å²) in [6, 6.07) is 0.342. The predicted octanol–water partition coefficient (Wildman–Crippen LogP) is 2.30. The number of carbonyl (C=O) groups excluding carboxylic acids is 1. The predicted molar refractivity (Wildman–Crippen MR) is 113 cm³/mol. The van der Waals surface area contributed by atoms with Gasteiger partial charge in [-0.25, -0.2) is 4.98 Å². The Balaban J connectivity index is 1.78. The summed E-state index contributed by atoms with van der Waals surface area (Å²) >= 11 is 1.64. The zero-order valence-corrected chi connectivity index (χ0v) is 18.1. The molecule has 2 N–H and O–H groups in total. The molecule has 1 aliphatic heterocycles. The van der Waals surface area contributed by atoms with Crippen LogP contribution in [0.25, 0.3) is 0 Å². The zero-order chi connectivity index (χ0) is 19.8. The van der Waals surface area contributed by atoms with Gasteiger partial charge in [0.05, 0.1) is 12.2 Å². The van der Waals surface area contributed by atoms with Crippen LogP contribution in [-0.4, -0.2) is 62.0 Å². The summed E-state index contributed by atoms with van der Waals surface area (Å²) in [4.78, 5) is 25.5. The second-order valence-corrected chi connectivity index (χ2v) is 8.04. The fourth-order valence-electron chi connectivity index (χ4n) is 3.29. The summed E-state index contributed by atoms with van der Waals surface area (Å²) in [6.45, 7) is 6.49. The fraction of sp³-hybridized carbons (Fsp3) is 0.737. The number of hydrogen-bond donors (Lipinski definition) is 2. The number of thiazole rings is 1.